The van der Waals surface area contributed by atoms with Crippen molar-refractivity contribution in [3.05, 3.63) is 30.1 Å². The molecule has 2 heterocycles. The first kappa shape index (κ1) is 17.9. The minimum Gasteiger partial charge on any atom is -0.385 e. The van der Waals surface area contributed by atoms with Gasteiger partial charge in [-0.1, -0.05) is 6.07 Å². The van der Waals surface area contributed by atoms with Gasteiger partial charge in [-0.05, 0) is 57.3 Å². The SMILES string of the molecule is COCCCCC(=O)N(Cc1ccccn1)C1CCCNCC1. The number of pyridine rings is 1. The van der Waals surface area contributed by atoms with E-state index in [0.717, 1.165) is 57.5 Å². The molecular formula is C18H29N3O2. The van der Waals surface area contributed by atoms with E-state index in [2.05, 4.69) is 15.2 Å². The van der Waals surface area contributed by atoms with Crippen LogP contribution in [-0.4, -0.2) is 48.6 Å². The summed E-state index contributed by atoms with van der Waals surface area (Å²) < 4.78 is 5.07. The van der Waals surface area contributed by atoms with Gasteiger partial charge >= 0.3 is 0 Å². The molecule has 0 aliphatic carbocycles. The number of hydrogen-bond donors (Lipinski definition) is 1. The van der Waals surface area contributed by atoms with Crippen LogP contribution in [0.15, 0.2) is 24.4 Å². The summed E-state index contributed by atoms with van der Waals surface area (Å²) in [6, 6.07) is 6.22. The van der Waals surface area contributed by atoms with Gasteiger partial charge in [0.15, 0.2) is 0 Å². The summed E-state index contributed by atoms with van der Waals surface area (Å²) in [5.41, 5.74) is 0.968. The van der Waals surface area contributed by atoms with Crippen molar-refractivity contribution in [1.29, 1.82) is 0 Å². The van der Waals surface area contributed by atoms with E-state index in [1.165, 1.54) is 0 Å². The number of unbranched alkanes of at least 4 members (excludes halogenated alkanes) is 1. The average Bonchev–Trinajstić information content (AvgIpc) is 2.86. The van der Waals surface area contributed by atoms with Gasteiger partial charge in [-0.25, -0.2) is 0 Å². The highest BCUT2D eigenvalue weighted by Gasteiger charge is 2.24. The topological polar surface area (TPSA) is 54.5 Å². The fraction of sp³-hybridized carbons (Fsp3) is 0.667. The molecule has 1 aromatic heterocycles. The lowest BCUT2D eigenvalue weighted by molar-refractivity contribution is -0.134. The molecule has 1 aromatic rings. The number of rotatable bonds is 8. The summed E-state index contributed by atoms with van der Waals surface area (Å²) in [7, 11) is 1.70. The Hall–Kier alpha value is -1.46. The van der Waals surface area contributed by atoms with Crippen molar-refractivity contribution in [3.8, 4) is 0 Å². The first-order valence-corrected chi connectivity index (χ1v) is 8.70. The molecule has 0 aromatic carbocycles. The normalized spacial score (nSPS) is 18.4. The second-order valence-electron chi connectivity index (χ2n) is 6.13. The molecule has 1 aliphatic heterocycles. The minimum atomic E-state index is 0.249. The third-order valence-corrected chi connectivity index (χ3v) is 4.35. The van der Waals surface area contributed by atoms with Crippen LogP contribution in [0.5, 0.6) is 0 Å². The van der Waals surface area contributed by atoms with Gasteiger partial charge in [-0.15, -0.1) is 0 Å². The predicted molar refractivity (Wildman–Crippen MR) is 91.0 cm³/mol. The van der Waals surface area contributed by atoms with Crippen LogP contribution in [-0.2, 0) is 16.1 Å². The van der Waals surface area contributed by atoms with Gasteiger partial charge < -0.3 is 15.0 Å². The highest BCUT2D eigenvalue weighted by molar-refractivity contribution is 5.76. The molecule has 5 heteroatoms. The van der Waals surface area contributed by atoms with Crippen LogP contribution >= 0.6 is 0 Å². The van der Waals surface area contributed by atoms with Crippen LogP contribution in [0.3, 0.4) is 0 Å². The van der Waals surface area contributed by atoms with Crippen LogP contribution in [0.1, 0.15) is 44.2 Å². The van der Waals surface area contributed by atoms with Crippen molar-refractivity contribution in [1.82, 2.24) is 15.2 Å². The van der Waals surface area contributed by atoms with Crippen molar-refractivity contribution in [3.63, 3.8) is 0 Å². The molecule has 0 bridgehead atoms. The van der Waals surface area contributed by atoms with Gasteiger partial charge in [0.1, 0.15) is 0 Å². The molecular weight excluding hydrogens is 290 g/mol. The Bertz CT molecular complexity index is 445. The van der Waals surface area contributed by atoms with E-state index in [1.54, 1.807) is 13.3 Å². The first-order valence-electron chi connectivity index (χ1n) is 8.70. The minimum absolute atomic E-state index is 0.249. The average molecular weight is 319 g/mol. The predicted octanol–water partition coefficient (Wildman–Crippen LogP) is 2.37. The van der Waals surface area contributed by atoms with Crippen LogP contribution in [0.2, 0.25) is 0 Å². The molecule has 1 fully saturated rings. The lowest BCUT2D eigenvalue weighted by Crippen LogP contribution is -2.40. The summed E-state index contributed by atoms with van der Waals surface area (Å²) in [5.74, 6) is 0.249. The summed E-state index contributed by atoms with van der Waals surface area (Å²) in [5, 5.41) is 3.42. The number of carbonyl (C=O) groups excluding carboxylic acids is 1. The Morgan fingerprint density at radius 2 is 2.26 bits per heavy atom. The van der Waals surface area contributed by atoms with E-state index in [9.17, 15) is 4.79 Å². The molecule has 1 unspecified atom stereocenters. The Kier molecular flexibility index (Phi) is 8.04. The monoisotopic (exact) mass is 319 g/mol. The molecule has 1 N–H and O–H groups in total. The third-order valence-electron chi connectivity index (χ3n) is 4.35. The Morgan fingerprint density at radius 3 is 3.04 bits per heavy atom. The Labute approximate surface area is 139 Å². The summed E-state index contributed by atoms with van der Waals surface area (Å²) >= 11 is 0. The zero-order valence-corrected chi connectivity index (χ0v) is 14.2. The van der Waals surface area contributed by atoms with Crippen LogP contribution in [0.4, 0.5) is 0 Å². The maximum atomic E-state index is 12.8. The Morgan fingerprint density at radius 1 is 1.35 bits per heavy atom. The van der Waals surface area contributed by atoms with Crippen LogP contribution in [0, 0.1) is 0 Å². The fourth-order valence-corrected chi connectivity index (χ4v) is 3.07. The van der Waals surface area contributed by atoms with E-state index in [1.807, 2.05) is 18.2 Å². The third kappa shape index (κ3) is 6.28. The van der Waals surface area contributed by atoms with Crippen LogP contribution < -0.4 is 5.32 Å². The maximum Gasteiger partial charge on any atom is 0.223 e. The van der Waals surface area contributed by atoms with E-state index in [-0.39, 0.29) is 5.91 Å². The van der Waals surface area contributed by atoms with Gasteiger partial charge in [0, 0.05) is 32.4 Å². The number of carbonyl (C=O) groups is 1. The van der Waals surface area contributed by atoms with Crippen molar-refractivity contribution in [2.24, 2.45) is 0 Å². The number of nitrogens with one attached hydrogen (secondary N) is 1. The fourth-order valence-electron chi connectivity index (χ4n) is 3.07. The molecule has 23 heavy (non-hydrogen) atoms. The van der Waals surface area contributed by atoms with Gasteiger partial charge in [0.2, 0.25) is 5.91 Å². The van der Waals surface area contributed by atoms with E-state index >= 15 is 0 Å². The van der Waals surface area contributed by atoms with Crippen molar-refractivity contribution < 1.29 is 9.53 Å². The Balaban J connectivity index is 1.99. The largest absolute Gasteiger partial charge is 0.385 e. The lowest BCUT2D eigenvalue weighted by atomic mass is 10.1. The van der Waals surface area contributed by atoms with Crippen molar-refractivity contribution in [2.75, 3.05) is 26.8 Å². The molecule has 0 saturated carbocycles. The second-order valence-corrected chi connectivity index (χ2v) is 6.13. The van der Waals surface area contributed by atoms with E-state index in [4.69, 9.17) is 4.74 Å². The lowest BCUT2D eigenvalue weighted by Gasteiger charge is -2.31. The zero-order valence-electron chi connectivity index (χ0n) is 14.2. The van der Waals surface area contributed by atoms with E-state index in [0.29, 0.717) is 19.0 Å². The molecule has 1 aliphatic rings. The van der Waals surface area contributed by atoms with Gasteiger partial charge in [0.05, 0.1) is 12.2 Å². The summed E-state index contributed by atoms with van der Waals surface area (Å²) in [6.07, 6.45) is 7.44. The van der Waals surface area contributed by atoms with Crippen LogP contribution in [0.25, 0.3) is 0 Å². The first-order chi connectivity index (χ1) is 11.3. The smallest absolute Gasteiger partial charge is 0.223 e. The standard InChI is InChI=1S/C18H29N3O2/c1-23-14-5-3-9-18(22)21(15-16-7-2-4-12-20-16)17-8-6-11-19-13-10-17/h2,4,7,12,17,19H,3,5-6,8-11,13-15H2,1H3. The van der Waals surface area contributed by atoms with Crippen molar-refractivity contribution >= 4 is 5.91 Å². The highest BCUT2D eigenvalue weighted by Crippen LogP contribution is 2.18. The maximum absolute atomic E-state index is 12.8. The highest BCUT2D eigenvalue weighted by atomic mass is 16.5. The number of amides is 1. The number of methoxy groups -OCH3 is 1. The van der Waals surface area contributed by atoms with Gasteiger partial charge in [-0.3, -0.25) is 9.78 Å². The van der Waals surface area contributed by atoms with Gasteiger partial charge in [-0.2, -0.15) is 0 Å². The number of aromatic nitrogens is 1. The zero-order chi connectivity index (χ0) is 16.3. The number of nitrogens with zero attached hydrogens (tertiary/aromatic N) is 2. The molecule has 0 spiro atoms. The molecule has 1 amide bonds. The number of ether oxygens (including phenoxy) is 1. The summed E-state index contributed by atoms with van der Waals surface area (Å²) in [4.78, 5) is 19.2. The summed E-state index contributed by atoms with van der Waals surface area (Å²) in [6.45, 7) is 3.38. The quantitative estimate of drug-likeness (QED) is 0.748. The molecule has 0 radical (unpaired) electrons. The van der Waals surface area contributed by atoms with E-state index < -0.39 is 0 Å². The second kappa shape index (κ2) is 10.3. The molecule has 5 nitrogen and oxygen atoms in total. The molecule has 128 valence electrons. The molecule has 2 rings (SSSR count). The molecule has 1 atom stereocenters. The number of hydrogen-bond acceptors (Lipinski definition) is 4. The van der Waals surface area contributed by atoms with Gasteiger partial charge in [0.25, 0.3) is 0 Å². The molecule has 1 saturated heterocycles. The van der Waals surface area contributed by atoms with Crippen molar-refractivity contribution in [2.45, 2.75) is 51.1 Å².